The molecule has 2 N–H and O–H groups in total. The third-order valence-electron chi connectivity index (χ3n) is 2.59. The van der Waals surface area contributed by atoms with E-state index >= 15 is 0 Å². The molecule has 2 rings (SSSR count). The summed E-state index contributed by atoms with van der Waals surface area (Å²) in [4.78, 5) is 6.53. The Labute approximate surface area is 78.6 Å². The van der Waals surface area contributed by atoms with Gasteiger partial charge in [-0.15, -0.1) is 0 Å². The van der Waals surface area contributed by atoms with Crippen LogP contribution in [0.4, 0.5) is 11.5 Å². The number of anilines is 2. The summed E-state index contributed by atoms with van der Waals surface area (Å²) in [6.07, 6.45) is 4.33. The molecule has 0 spiro atoms. The van der Waals surface area contributed by atoms with Crippen molar-refractivity contribution in [2.24, 2.45) is 0 Å². The minimum atomic E-state index is 0.704. The number of hydrogen-bond acceptors (Lipinski definition) is 3. The Kier molecular flexibility index (Phi) is 1.87. The first-order valence-corrected chi connectivity index (χ1v) is 4.63. The quantitative estimate of drug-likeness (QED) is 0.745. The van der Waals surface area contributed by atoms with E-state index in [0.29, 0.717) is 6.04 Å². The number of aryl methyl sites for hydroxylation is 1. The lowest BCUT2D eigenvalue weighted by Gasteiger charge is -2.17. The number of nitrogens with two attached hydrogens (primary N) is 1. The van der Waals surface area contributed by atoms with Crippen LogP contribution >= 0.6 is 0 Å². The molecule has 1 heterocycles. The van der Waals surface area contributed by atoms with Crippen molar-refractivity contribution in [2.75, 3.05) is 17.7 Å². The summed E-state index contributed by atoms with van der Waals surface area (Å²) in [5, 5.41) is 0. The molecule has 0 bridgehead atoms. The first kappa shape index (κ1) is 8.35. The zero-order valence-electron chi connectivity index (χ0n) is 8.12. The van der Waals surface area contributed by atoms with Crippen molar-refractivity contribution in [3.63, 3.8) is 0 Å². The lowest BCUT2D eigenvalue weighted by Crippen LogP contribution is -2.20. The van der Waals surface area contributed by atoms with Crippen molar-refractivity contribution in [1.29, 1.82) is 0 Å². The number of rotatable bonds is 2. The Morgan fingerprint density at radius 2 is 2.23 bits per heavy atom. The highest BCUT2D eigenvalue weighted by atomic mass is 15.2. The summed E-state index contributed by atoms with van der Waals surface area (Å²) < 4.78 is 0. The second-order valence-corrected chi connectivity index (χ2v) is 3.74. The molecule has 1 aliphatic rings. The molecular weight excluding hydrogens is 162 g/mol. The first-order chi connectivity index (χ1) is 6.18. The summed E-state index contributed by atoms with van der Waals surface area (Å²) in [5.41, 5.74) is 7.58. The van der Waals surface area contributed by atoms with Crippen LogP contribution in [0.25, 0.3) is 0 Å². The van der Waals surface area contributed by atoms with Crippen LogP contribution in [-0.2, 0) is 0 Å². The lowest BCUT2D eigenvalue weighted by molar-refractivity contribution is 0.891. The van der Waals surface area contributed by atoms with E-state index in [1.807, 2.05) is 13.0 Å². The molecular formula is C10H15N3. The van der Waals surface area contributed by atoms with E-state index in [4.69, 9.17) is 5.73 Å². The van der Waals surface area contributed by atoms with Crippen molar-refractivity contribution in [2.45, 2.75) is 25.8 Å². The Bertz CT molecular complexity index is 318. The van der Waals surface area contributed by atoms with Gasteiger partial charge in [-0.05, 0) is 31.4 Å². The maximum atomic E-state index is 5.70. The van der Waals surface area contributed by atoms with Gasteiger partial charge in [0.25, 0.3) is 0 Å². The van der Waals surface area contributed by atoms with Crippen LogP contribution in [0.2, 0.25) is 0 Å². The Hall–Kier alpha value is -1.25. The van der Waals surface area contributed by atoms with Crippen molar-refractivity contribution in [1.82, 2.24) is 4.98 Å². The van der Waals surface area contributed by atoms with E-state index in [0.717, 1.165) is 17.1 Å². The SMILES string of the molecule is Cc1cc(N(C)C2CC2)ncc1N. The van der Waals surface area contributed by atoms with Gasteiger partial charge in [0.2, 0.25) is 0 Å². The normalized spacial score (nSPS) is 15.8. The summed E-state index contributed by atoms with van der Waals surface area (Å²) >= 11 is 0. The van der Waals surface area contributed by atoms with E-state index in [2.05, 4.69) is 16.9 Å². The molecule has 0 aliphatic heterocycles. The zero-order chi connectivity index (χ0) is 9.42. The molecule has 0 amide bonds. The topological polar surface area (TPSA) is 42.2 Å². The lowest BCUT2D eigenvalue weighted by atomic mass is 10.2. The zero-order valence-corrected chi connectivity index (χ0v) is 8.12. The summed E-state index contributed by atoms with van der Waals surface area (Å²) in [6, 6.07) is 2.75. The molecule has 3 nitrogen and oxygen atoms in total. The molecule has 0 saturated heterocycles. The molecule has 3 heteroatoms. The molecule has 1 aliphatic carbocycles. The van der Waals surface area contributed by atoms with Crippen LogP contribution < -0.4 is 10.6 Å². The fourth-order valence-electron chi connectivity index (χ4n) is 1.39. The second kappa shape index (κ2) is 2.91. The molecule has 0 unspecified atom stereocenters. The molecule has 1 aromatic heterocycles. The largest absolute Gasteiger partial charge is 0.397 e. The fraction of sp³-hybridized carbons (Fsp3) is 0.500. The highest BCUT2D eigenvalue weighted by Gasteiger charge is 2.27. The monoisotopic (exact) mass is 177 g/mol. The van der Waals surface area contributed by atoms with E-state index in [1.54, 1.807) is 6.20 Å². The van der Waals surface area contributed by atoms with Crippen molar-refractivity contribution in [3.05, 3.63) is 17.8 Å². The minimum absolute atomic E-state index is 0.704. The molecule has 0 atom stereocenters. The van der Waals surface area contributed by atoms with Gasteiger partial charge in [0.1, 0.15) is 5.82 Å². The smallest absolute Gasteiger partial charge is 0.128 e. The maximum Gasteiger partial charge on any atom is 0.128 e. The average molecular weight is 177 g/mol. The Morgan fingerprint density at radius 1 is 1.54 bits per heavy atom. The van der Waals surface area contributed by atoms with Gasteiger partial charge >= 0.3 is 0 Å². The van der Waals surface area contributed by atoms with Gasteiger partial charge < -0.3 is 10.6 Å². The minimum Gasteiger partial charge on any atom is -0.397 e. The van der Waals surface area contributed by atoms with Crippen molar-refractivity contribution >= 4 is 11.5 Å². The highest BCUT2D eigenvalue weighted by Crippen LogP contribution is 2.29. The molecule has 1 aromatic rings. The summed E-state index contributed by atoms with van der Waals surface area (Å²) in [5.74, 6) is 1.04. The van der Waals surface area contributed by atoms with Crippen LogP contribution in [0.15, 0.2) is 12.3 Å². The maximum absolute atomic E-state index is 5.70. The number of hydrogen-bond donors (Lipinski definition) is 1. The van der Waals surface area contributed by atoms with E-state index < -0.39 is 0 Å². The Morgan fingerprint density at radius 3 is 2.77 bits per heavy atom. The van der Waals surface area contributed by atoms with E-state index in [-0.39, 0.29) is 0 Å². The van der Waals surface area contributed by atoms with E-state index in [9.17, 15) is 0 Å². The van der Waals surface area contributed by atoms with Gasteiger partial charge in [-0.3, -0.25) is 0 Å². The molecule has 0 aromatic carbocycles. The molecule has 1 fully saturated rings. The van der Waals surface area contributed by atoms with Crippen molar-refractivity contribution in [3.8, 4) is 0 Å². The Balaban J connectivity index is 2.24. The highest BCUT2D eigenvalue weighted by molar-refractivity contribution is 5.52. The fourth-order valence-corrected chi connectivity index (χ4v) is 1.39. The third kappa shape index (κ3) is 1.59. The number of pyridine rings is 1. The molecule has 1 saturated carbocycles. The van der Waals surface area contributed by atoms with Gasteiger partial charge in [-0.25, -0.2) is 4.98 Å². The van der Waals surface area contributed by atoms with Crippen LogP contribution in [0.1, 0.15) is 18.4 Å². The number of nitrogen functional groups attached to an aromatic ring is 1. The van der Waals surface area contributed by atoms with Crippen LogP contribution in [0, 0.1) is 6.92 Å². The predicted molar refractivity (Wildman–Crippen MR) is 54.8 cm³/mol. The van der Waals surface area contributed by atoms with E-state index in [1.165, 1.54) is 12.8 Å². The van der Waals surface area contributed by atoms with Crippen molar-refractivity contribution < 1.29 is 0 Å². The standard InChI is InChI=1S/C10H15N3/c1-7-5-10(12-6-9(7)11)13(2)8-3-4-8/h5-6,8H,3-4,11H2,1-2H3. The van der Waals surface area contributed by atoms with Gasteiger partial charge in [-0.2, -0.15) is 0 Å². The van der Waals surface area contributed by atoms with Gasteiger partial charge in [0.05, 0.1) is 11.9 Å². The van der Waals surface area contributed by atoms with Crippen LogP contribution in [0.5, 0.6) is 0 Å². The molecule has 70 valence electrons. The van der Waals surface area contributed by atoms with Gasteiger partial charge in [-0.1, -0.05) is 0 Å². The number of aromatic nitrogens is 1. The van der Waals surface area contributed by atoms with Crippen LogP contribution in [0.3, 0.4) is 0 Å². The predicted octanol–water partition coefficient (Wildman–Crippen LogP) is 1.57. The second-order valence-electron chi connectivity index (χ2n) is 3.74. The third-order valence-corrected chi connectivity index (χ3v) is 2.59. The summed E-state index contributed by atoms with van der Waals surface area (Å²) in [6.45, 7) is 2.02. The summed E-state index contributed by atoms with van der Waals surface area (Å²) in [7, 11) is 2.09. The van der Waals surface area contributed by atoms with Gasteiger partial charge in [0, 0.05) is 13.1 Å². The van der Waals surface area contributed by atoms with Gasteiger partial charge in [0.15, 0.2) is 0 Å². The first-order valence-electron chi connectivity index (χ1n) is 4.63. The average Bonchev–Trinajstić information content (AvgIpc) is 2.91. The van der Waals surface area contributed by atoms with Crippen LogP contribution in [-0.4, -0.2) is 18.1 Å². The number of nitrogens with zero attached hydrogens (tertiary/aromatic N) is 2. The molecule has 0 radical (unpaired) electrons. The molecule has 13 heavy (non-hydrogen) atoms.